The lowest BCUT2D eigenvalue weighted by atomic mass is 9.94. The van der Waals surface area contributed by atoms with E-state index in [0.717, 1.165) is 75.1 Å². The number of carbonyl (C=O) groups is 1. The number of ether oxygens (including phenoxy) is 1. The Morgan fingerprint density at radius 3 is 2.79 bits per heavy atom. The van der Waals surface area contributed by atoms with Crippen LogP contribution in [0.3, 0.4) is 0 Å². The Labute approximate surface area is 164 Å². The minimum Gasteiger partial charge on any atom is -0.378 e. The molecule has 0 N–H and O–H groups in total. The van der Waals surface area contributed by atoms with Crippen molar-refractivity contribution in [3.8, 4) is 0 Å². The maximum Gasteiger partial charge on any atom is 0.292 e. The maximum absolute atomic E-state index is 12.8. The number of morpholine rings is 1. The first-order valence-electron chi connectivity index (χ1n) is 10.1. The van der Waals surface area contributed by atoms with Crippen LogP contribution in [0.25, 0.3) is 0 Å². The number of anilines is 1. The van der Waals surface area contributed by atoms with Crippen molar-refractivity contribution in [3.63, 3.8) is 0 Å². The number of carbonyl (C=O) groups excluding carboxylic acids is 1. The van der Waals surface area contributed by atoms with Gasteiger partial charge in [-0.25, -0.2) is 9.97 Å². The Morgan fingerprint density at radius 2 is 2.04 bits per heavy atom. The van der Waals surface area contributed by atoms with Crippen LogP contribution >= 0.6 is 0 Å². The van der Waals surface area contributed by atoms with Crippen LogP contribution in [-0.4, -0.2) is 65.3 Å². The van der Waals surface area contributed by atoms with Gasteiger partial charge in [-0.2, -0.15) is 0 Å². The lowest BCUT2D eigenvalue weighted by molar-refractivity contribution is 0.0663. The van der Waals surface area contributed by atoms with Crippen molar-refractivity contribution < 1.29 is 14.1 Å². The summed E-state index contributed by atoms with van der Waals surface area (Å²) in [5.41, 5.74) is 1.82. The molecule has 2 aliphatic rings. The van der Waals surface area contributed by atoms with Crippen molar-refractivity contribution in [1.82, 2.24) is 20.0 Å². The molecule has 2 aromatic heterocycles. The summed E-state index contributed by atoms with van der Waals surface area (Å²) in [5.74, 6) is 2.16. The standard InChI is InChI=1S/C20H27N5O3/c1-3-16-11-18(28-23-16)20(26)25-6-4-5-15(13-25)17-12-19(22-14(2)21-17)24-7-9-27-10-8-24/h11-12,15H,3-10,13H2,1-2H3/t15-/m1/s1. The SMILES string of the molecule is CCc1cc(C(=O)N2CCC[C@@H](c3cc(N4CCOCC4)nc(C)n3)C2)on1. The van der Waals surface area contributed by atoms with Crippen molar-refractivity contribution in [2.45, 2.75) is 39.0 Å². The number of hydrogen-bond acceptors (Lipinski definition) is 7. The number of aryl methyl sites for hydroxylation is 2. The van der Waals surface area contributed by atoms with Crippen molar-refractivity contribution in [1.29, 1.82) is 0 Å². The van der Waals surface area contributed by atoms with Crippen molar-refractivity contribution in [3.05, 3.63) is 35.1 Å². The molecule has 1 atom stereocenters. The Morgan fingerprint density at radius 1 is 1.21 bits per heavy atom. The highest BCUT2D eigenvalue weighted by molar-refractivity contribution is 5.91. The molecule has 0 unspecified atom stereocenters. The van der Waals surface area contributed by atoms with Gasteiger partial charge in [0.15, 0.2) is 0 Å². The van der Waals surface area contributed by atoms with Gasteiger partial charge in [0.25, 0.3) is 5.91 Å². The first-order chi connectivity index (χ1) is 13.6. The van der Waals surface area contributed by atoms with Gasteiger partial charge in [0.1, 0.15) is 11.6 Å². The average Bonchev–Trinajstić information content (AvgIpc) is 3.23. The summed E-state index contributed by atoms with van der Waals surface area (Å²) >= 11 is 0. The Balaban J connectivity index is 1.51. The number of likely N-dealkylation sites (tertiary alicyclic amines) is 1. The fraction of sp³-hybridized carbons (Fsp3) is 0.600. The van der Waals surface area contributed by atoms with E-state index in [4.69, 9.17) is 14.2 Å². The predicted molar refractivity (Wildman–Crippen MR) is 104 cm³/mol. The summed E-state index contributed by atoms with van der Waals surface area (Å²) in [4.78, 5) is 26.2. The zero-order chi connectivity index (χ0) is 19.5. The molecule has 0 bridgehead atoms. The second-order valence-electron chi connectivity index (χ2n) is 7.42. The Bertz CT molecular complexity index is 831. The van der Waals surface area contributed by atoms with E-state index in [1.54, 1.807) is 6.07 Å². The summed E-state index contributed by atoms with van der Waals surface area (Å²) < 4.78 is 10.7. The molecular formula is C20H27N5O3. The summed E-state index contributed by atoms with van der Waals surface area (Å²) in [7, 11) is 0. The third kappa shape index (κ3) is 4.01. The molecule has 2 saturated heterocycles. The largest absolute Gasteiger partial charge is 0.378 e. The fourth-order valence-corrected chi connectivity index (χ4v) is 3.88. The van der Waals surface area contributed by atoms with Crippen molar-refractivity contribution in [2.24, 2.45) is 0 Å². The number of rotatable bonds is 4. The van der Waals surface area contributed by atoms with Crippen LogP contribution in [0.1, 0.15) is 53.5 Å². The van der Waals surface area contributed by atoms with Gasteiger partial charge in [0.2, 0.25) is 5.76 Å². The van der Waals surface area contributed by atoms with Gasteiger partial charge in [0, 0.05) is 44.2 Å². The van der Waals surface area contributed by atoms with E-state index in [1.165, 1.54) is 0 Å². The van der Waals surface area contributed by atoms with E-state index in [0.29, 0.717) is 12.3 Å². The van der Waals surface area contributed by atoms with Crippen LogP contribution in [0.2, 0.25) is 0 Å². The minimum atomic E-state index is -0.0870. The van der Waals surface area contributed by atoms with E-state index in [1.807, 2.05) is 18.7 Å². The molecule has 2 fully saturated rings. The molecule has 8 heteroatoms. The molecule has 0 aliphatic carbocycles. The molecule has 8 nitrogen and oxygen atoms in total. The molecule has 0 saturated carbocycles. The lowest BCUT2D eigenvalue weighted by Crippen LogP contribution is -2.39. The van der Waals surface area contributed by atoms with Crippen molar-refractivity contribution >= 4 is 11.7 Å². The van der Waals surface area contributed by atoms with E-state index in [9.17, 15) is 4.79 Å². The van der Waals surface area contributed by atoms with Gasteiger partial charge in [-0.3, -0.25) is 4.79 Å². The van der Waals surface area contributed by atoms with Crippen molar-refractivity contribution in [2.75, 3.05) is 44.3 Å². The molecule has 150 valence electrons. The van der Waals surface area contributed by atoms with Gasteiger partial charge in [-0.1, -0.05) is 12.1 Å². The highest BCUT2D eigenvalue weighted by Gasteiger charge is 2.29. The van der Waals surface area contributed by atoms with Crippen LogP contribution in [0.4, 0.5) is 5.82 Å². The predicted octanol–water partition coefficient (Wildman–Crippen LogP) is 2.19. The molecule has 28 heavy (non-hydrogen) atoms. The summed E-state index contributed by atoms with van der Waals surface area (Å²) in [5, 5.41) is 3.94. The number of aromatic nitrogens is 3. The molecular weight excluding hydrogens is 358 g/mol. The van der Waals surface area contributed by atoms with Gasteiger partial charge in [-0.05, 0) is 26.2 Å². The third-order valence-corrected chi connectivity index (χ3v) is 5.44. The Hall–Kier alpha value is -2.48. The number of hydrogen-bond donors (Lipinski definition) is 0. The molecule has 1 amide bonds. The molecule has 4 heterocycles. The summed E-state index contributed by atoms with van der Waals surface area (Å²) in [6, 6.07) is 3.83. The first kappa shape index (κ1) is 18.9. The monoisotopic (exact) mass is 385 g/mol. The van der Waals surface area contributed by atoms with Crippen LogP contribution in [0.15, 0.2) is 16.7 Å². The van der Waals surface area contributed by atoms with Crippen LogP contribution in [0.5, 0.6) is 0 Å². The zero-order valence-electron chi connectivity index (χ0n) is 16.6. The zero-order valence-corrected chi connectivity index (χ0v) is 16.6. The van der Waals surface area contributed by atoms with E-state index < -0.39 is 0 Å². The van der Waals surface area contributed by atoms with Crippen LogP contribution in [-0.2, 0) is 11.2 Å². The lowest BCUT2D eigenvalue weighted by Gasteiger charge is -2.33. The molecule has 0 spiro atoms. The van der Waals surface area contributed by atoms with Crippen LogP contribution in [0, 0.1) is 6.92 Å². The van der Waals surface area contributed by atoms with E-state index in [2.05, 4.69) is 21.1 Å². The summed E-state index contributed by atoms with van der Waals surface area (Å²) in [6.45, 7) is 8.43. The van der Waals surface area contributed by atoms with E-state index >= 15 is 0 Å². The second kappa shape index (κ2) is 8.26. The molecule has 2 aromatic rings. The highest BCUT2D eigenvalue weighted by atomic mass is 16.5. The van der Waals surface area contributed by atoms with E-state index in [-0.39, 0.29) is 11.8 Å². The molecule has 2 aliphatic heterocycles. The Kier molecular flexibility index (Phi) is 5.57. The average molecular weight is 385 g/mol. The third-order valence-electron chi connectivity index (χ3n) is 5.44. The topological polar surface area (TPSA) is 84.6 Å². The first-order valence-corrected chi connectivity index (χ1v) is 10.1. The maximum atomic E-state index is 12.8. The van der Waals surface area contributed by atoms with Gasteiger partial charge in [-0.15, -0.1) is 0 Å². The highest BCUT2D eigenvalue weighted by Crippen LogP contribution is 2.29. The van der Waals surface area contributed by atoms with Gasteiger partial charge < -0.3 is 19.1 Å². The molecule has 0 aromatic carbocycles. The summed E-state index contributed by atoms with van der Waals surface area (Å²) in [6.07, 6.45) is 2.71. The quantitative estimate of drug-likeness (QED) is 0.797. The number of amides is 1. The number of nitrogens with zero attached hydrogens (tertiary/aromatic N) is 5. The normalized spacial score (nSPS) is 20.4. The molecule has 0 radical (unpaired) electrons. The van der Waals surface area contributed by atoms with Gasteiger partial charge in [0.05, 0.1) is 24.6 Å². The van der Waals surface area contributed by atoms with Crippen LogP contribution < -0.4 is 4.90 Å². The second-order valence-corrected chi connectivity index (χ2v) is 7.42. The number of piperidine rings is 1. The molecule has 4 rings (SSSR count). The minimum absolute atomic E-state index is 0.0870. The fourth-order valence-electron chi connectivity index (χ4n) is 3.88. The van der Waals surface area contributed by atoms with Gasteiger partial charge >= 0.3 is 0 Å². The smallest absolute Gasteiger partial charge is 0.292 e.